The molecule has 0 radical (unpaired) electrons. The van der Waals surface area contributed by atoms with Gasteiger partial charge in [0.2, 0.25) is 0 Å². The molecule has 1 heterocycles. The van der Waals surface area contributed by atoms with Crippen molar-refractivity contribution in [3.05, 3.63) is 17.6 Å². The molecule has 1 aromatic rings. The Balaban J connectivity index is 3.07. The van der Waals surface area contributed by atoms with E-state index in [1.165, 1.54) is 0 Å². The molecule has 0 saturated carbocycles. The van der Waals surface area contributed by atoms with Crippen LogP contribution < -0.4 is 5.32 Å². The second-order valence-corrected chi connectivity index (χ2v) is 3.36. The van der Waals surface area contributed by atoms with Crippen LogP contribution in [0.1, 0.15) is 38.2 Å². The molecule has 0 aromatic carbocycles. The molecule has 0 spiro atoms. The Kier molecular flexibility index (Phi) is 3.23. The largest absolute Gasteiger partial charge is 0.373 e. The van der Waals surface area contributed by atoms with E-state index in [0.29, 0.717) is 5.92 Å². The van der Waals surface area contributed by atoms with E-state index in [1.807, 2.05) is 13.1 Å². The van der Waals surface area contributed by atoms with Crippen LogP contribution in [-0.4, -0.2) is 17.0 Å². The number of hydrogen-bond donors (Lipinski definition) is 1. The van der Waals surface area contributed by atoms with Gasteiger partial charge in [0.05, 0.1) is 0 Å². The summed E-state index contributed by atoms with van der Waals surface area (Å²) >= 11 is 0. The number of hydrogen-bond acceptors (Lipinski definition) is 3. The lowest BCUT2D eigenvalue weighted by Gasteiger charge is -2.08. The van der Waals surface area contributed by atoms with E-state index in [9.17, 15) is 0 Å². The summed E-state index contributed by atoms with van der Waals surface area (Å²) in [5, 5.41) is 3.05. The topological polar surface area (TPSA) is 37.8 Å². The highest BCUT2D eigenvalue weighted by Gasteiger charge is 2.05. The van der Waals surface area contributed by atoms with Crippen molar-refractivity contribution in [1.29, 1.82) is 0 Å². The standard InChI is InChI=1S/C10H17N3/c1-5-8-6-9(11-4)13-10(12-8)7(2)3/h6-7H,5H2,1-4H3,(H,11,12,13). The van der Waals surface area contributed by atoms with E-state index in [0.717, 1.165) is 23.8 Å². The Hall–Kier alpha value is -1.12. The lowest BCUT2D eigenvalue weighted by atomic mass is 10.2. The monoisotopic (exact) mass is 179 g/mol. The molecule has 1 rings (SSSR count). The van der Waals surface area contributed by atoms with Crippen molar-refractivity contribution >= 4 is 5.82 Å². The number of aryl methyl sites for hydroxylation is 1. The first-order valence-electron chi connectivity index (χ1n) is 4.73. The van der Waals surface area contributed by atoms with Gasteiger partial charge in [-0.3, -0.25) is 0 Å². The number of anilines is 1. The van der Waals surface area contributed by atoms with Gasteiger partial charge in [-0.15, -0.1) is 0 Å². The molecule has 0 atom stereocenters. The first kappa shape index (κ1) is 9.96. The Morgan fingerprint density at radius 3 is 2.54 bits per heavy atom. The zero-order valence-corrected chi connectivity index (χ0v) is 8.76. The van der Waals surface area contributed by atoms with Crippen LogP contribution in [0, 0.1) is 0 Å². The molecule has 1 aromatic heterocycles. The summed E-state index contributed by atoms with van der Waals surface area (Å²) in [6.07, 6.45) is 0.955. The van der Waals surface area contributed by atoms with E-state index < -0.39 is 0 Å². The van der Waals surface area contributed by atoms with Gasteiger partial charge in [0.25, 0.3) is 0 Å². The predicted molar refractivity (Wildman–Crippen MR) is 55.0 cm³/mol. The average Bonchev–Trinajstić information content (AvgIpc) is 2.16. The van der Waals surface area contributed by atoms with Gasteiger partial charge in [0.15, 0.2) is 0 Å². The Bertz CT molecular complexity index is 259. The summed E-state index contributed by atoms with van der Waals surface area (Å²) < 4.78 is 0. The van der Waals surface area contributed by atoms with Gasteiger partial charge in [-0.1, -0.05) is 20.8 Å². The van der Waals surface area contributed by atoms with Crippen LogP contribution in [0.5, 0.6) is 0 Å². The third kappa shape index (κ3) is 2.41. The molecule has 0 aliphatic heterocycles. The highest BCUT2D eigenvalue weighted by atomic mass is 15.0. The van der Waals surface area contributed by atoms with Gasteiger partial charge < -0.3 is 5.32 Å². The summed E-state index contributed by atoms with van der Waals surface area (Å²) in [5.74, 6) is 2.22. The van der Waals surface area contributed by atoms with Crippen LogP contribution in [0.3, 0.4) is 0 Å². The van der Waals surface area contributed by atoms with Crippen LogP contribution in [0.2, 0.25) is 0 Å². The zero-order valence-electron chi connectivity index (χ0n) is 8.76. The van der Waals surface area contributed by atoms with Crippen molar-refractivity contribution in [3.8, 4) is 0 Å². The van der Waals surface area contributed by atoms with E-state index >= 15 is 0 Å². The van der Waals surface area contributed by atoms with Crippen molar-refractivity contribution in [1.82, 2.24) is 9.97 Å². The normalized spacial score (nSPS) is 10.5. The molecule has 0 aliphatic carbocycles. The molecule has 0 aliphatic rings. The average molecular weight is 179 g/mol. The number of aromatic nitrogens is 2. The maximum absolute atomic E-state index is 4.45. The first-order valence-corrected chi connectivity index (χ1v) is 4.73. The molecule has 3 nitrogen and oxygen atoms in total. The van der Waals surface area contributed by atoms with Crippen molar-refractivity contribution in [2.75, 3.05) is 12.4 Å². The van der Waals surface area contributed by atoms with E-state index in [4.69, 9.17) is 0 Å². The minimum Gasteiger partial charge on any atom is -0.373 e. The SMILES string of the molecule is CCc1cc(NC)nc(C(C)C)n1. The van der Waals surface area contributed by atoms with Crippen molar-refractivity contribution in [3.63, 3.8) is 0 Å². The number of rotatable bonds is 3. The van der Waals surface area contributed by atoms with Crippen LogP contribution >= 0.6 is 0 Å². The number of nitrogens with zero attached hydrogens (tertiary/aromatic N) is 2. The zero-order chi connectivity index (χ0) is 9.84. The van der Waals surface area contributed by atoms with Gasteiger partial charge in [-0.2, -0.15) is 0 Å². The minimum absolute atomic E-state index is 0.388. The summed E-state index contributed by atoms with van der Waals surface area (Å²) in [4.78, 5) is 8.83. The van der Waals surface area contributed by atoms with Crippen molar-refractivity contribution in [2.45, 2.75) is 33.1 Å². The van der Waals surface area contributed by atoms with E-state index in [-0.39, 0.29) is 0 Å². The van der Waals surface area contributed by atoms with E-state index in [2.05, 4.69) is 36.1 Å². The fourth-order valence-electron chi connectivity index (χ4n) is 1.09. The Morgan fingerprint density at radius 1 is 1.38 bits per heavy atom. The van der Waals surface area contributed by atoms with Crippen LogP contribution in [-0.2, 0) is 6.42 Å². The highest BCUT2D eigenvalue weighted by molar-refractivity contribution is 5.35. The summed E-state index contributed by atoms with van der Waals surface area (Å²) in [6, 6.07) is 1.99. The fourth-order valence-corrected chi connectivity index (χ4v) is 1.09. The second-order valence-electron chi connectivity index (χ2n) is 3.36. The third-order valence-corrected chi connectivity index (χ3v) is 1.93. The van der Waals surface area contributed by atoms with Crippen LogP contribution in [0.4, 0.5) is 5.82 Å². The molecule has 0 bridgehead atoms. The molecular formula is C10H17N3. The molecule has 0 saturated heterocycles. The highest BCUT2D eigenvalue weighted by Crippen LogP contribution is 2.13. The third-order valence-electron chi connectivity index (χ3n) is 1.93. The fraction of sp³-hybridized carbons (Fsp3) is 0.600. The lowest BCUT2D eigenvalue weighted by molar-refractivity contribution is 0.760. The van der Waals surface area contributed by atoms with Crippen LogP contribution in [0.15, 0.2) is 6.07 Å². The number of nitrogens with one attached hydrogen (secondary N) is 1. The summed E-state index contributed by atoms with van der Waals surface area (Å²) in [5.41, 5.74) is 1.10. The van der Waals surface area contributed by atoms with Gasteiger partial charge in [-0.05, 0) is 6.42 Å². The van der Waals surface area contributed by atoms with Gasteiger partial charge in [0.1, 0.15) is 11.6 Å². The van der Waals surface area contributed by atoms with Crippen LogP contribution in [0.25, 0.3) is 0 Å². The molecule has 0 unspecified atom stereocenters. The van der Waals surface area contributed by atoms with E-state index in [1.54, 1.807) is 0 Å². The maximum atomic E-state index is 4.45. The summed E-state index contributed by atoms with van der Waals surface area (Å²) in [7, 11) is 1.88. The molecular weight excluding hydrogens is 162 g/mol. The Morgan fingerprint density at radius 2 is 2.08 bits per heavy atom. The lowest BCUT2D eigenvalue weighted by Crippen LogP contribution is -2.04. The predicted octanol–water partition coefficient (Wildman–Crippen LogP) is 2.20. The Labute approximate surface area is 79.6 Å². The van der Waals surface area contributed by atoms with Crippen molar-refractivity contribution < 1.29 is 0 Å². The quantitative estimate of drug-likeness (QED) is 0.773. The maximum Gasteiger partial charge on any atom is 0.133 e. The van der Waals surface area contributed by atoms with Gasteiger partial charge in [-0.25, -0.2) is 9.97 Å². The molecule has 72 valence electrons. The summed E-state index contributed by atoms with van der Waals surface area (Å²) in [6.45, 7) is 6.31. The van der Waals surface area contributed by atoms with Gasteiger partial charge in [0, 0.05) is 24.7 Å². The first-order chi connectivity index (χ1) is 6.17. The molecule has 1 N–H and O–H groups in total. The second kappa shape index (κ2) is 4.21. The molecule has 3 heteroatoms. The molecule has 0 amide bonds. The molecule has 0 fully saturated rings. The smallest absolute Gasteiger partial charge is 0.133 e. The van der Waals surface area contributed by atoms with Crippen molar-refractivity contribution in [2.24, 2.45) is 0 Å². The molecule has 13 heavy (non-hydrogen) atoms. The minimum atomic E-state index is 0.388. The van der Waals surface area contributed by atoms with Gasteiger partial charge >= 0.3 is 0 Å².